The summed E-state index contributed by atoms with van der Waals surface area (Å²) in [5.41, 5.74) is 1.52. The normalized spacial score (nSPS) is 15.0. The van der Waals surface area contributed by atoms with Gasteiger partial charge in [-0.3, -0.25) is 10.1 Å². The zero-order chi connectivity index (χ0) is 20.3. The van der Waals surface area contributed by atoms with Crippen molar-refractivity contribution in [2.45, 2.75) is 30.7 Å². The van der Waals surface area contributed by atoms with Crippen LogP contribution in [0.3, 0.4) is 0 Å². The minimum absolute atomic E-state index is 0.135. The molecule has 1 heterocycles. The number of nitrogens with zero attached hydrogens (tertiary/aromatic N) is 3. The van der Waals surface area contributed by atoms with Crippen LogP contribution in [0.1, 0.15) is 24.8 Å². The van der Waals surface area contributed by atoms with Gasteiger partial charge >= 0.3 is 0 Å². The van der Waals surface area contributed by atoms with Gasteiger partial charge in [-0.2, -0.15) is 4.31 Å². The van der Waals surface area contributed by atoms with Crippen molar-refractivity contribution in [1.29, 1.82) is 0 Å². The van der Waals surface area contributed by atoms with E-state index in [9.17, 15) is 18.5 Å². The molecule has 150 valence electrons. The number of sulfonamides is 1. The fraction of sp³-hybridized carbons (Fsp3) is 0.368. The standard InChI is InChI=1S/C19H22BrN3O4S/c1-21(28(26,27)19-10-7-16(20)13-18(19)23(24)25)14-15-5-8-17(9-6-15)22-11-3-2-4-12-22/h5-10,13H,2-4,11-12,14H2,1H3. The Hall–Kier alpha value is -1.97. The van der Waals surface area contributed by atoms with Gasteiger partial charge in [0.25, 0.3) is 5.69 Å². The number of hydrogen-bond acceptors (Lipinski definition) is 5. The van der Waals surface area contributed by atoms with Crippen LogP contribution in [0.2, 0.25) is 0 Å². The number of halogens is 1. The highest BCUT2D eigenvalue weighted by atomic mass is 79.9. The summed E-state index contributed by atoms with van der Waals surface area (Å²) in [5, 5.41) is 11.3. The molecule has 0 aromatic heterocycles. The molecular formula is C19H22BrN3O4S. The zero-order valence-electron chi connectivity index (χ0n) is 15.5. The van der Waals surface area contributed by atoms with Gasteiger partial charge in [-0.05, 0) is 49.1 Å². The third-order valence-corrected chi connectivity index (χ3v) is 7.21. The molecule has 7 nitrogen and oxygen atoms in total. The van der Waals surface area contributed by atoms with Gasteiger partial charge in [-0.1, -0.05) is 28.1 Å². The fourth-order valence-electron chi connectivity index (χ4n) is 3.33. The smallest absolute Gasteiger partial charge is 0.290 e. The first kappa shape index (κ1) is 20.8. The summed E-state index contributed by atoms with van der Waals surface area (Å²) >= 11 is 3.14. The Morgan fingerprint density at radius 2 is 1.75 bits per heavy atom. The second-order valence-corrected chi connectivity index (χ2v) is 9.77. The predicted molar refractivity (Wildman–Crippen MR) is 112 cm³/mol. The number of nitro groups is 1. The highest BCUT2D eigenvalue weighted by Gasteiger charge is 2.29. The van der Waals surface area contributed by atoms with Crippen molar-refractivity contribution >= 4 is 37.3 Å². The first-order valence-electron chi connectivity index (χ1n) is 9.03. The second-order valence-electron chi connectivity index (χ2n) is 6.84. The first-order chi connectivity index (χ1) is 13.3. The molecule has 9 heteroatoms. The summed E-state index contributed by atoms with van der Waals surface area (Å²) in [5.74, 6) is 0. The zero-order valence-corrected chi connectivity index (χ0v) is 17.9. The highest BCUT2D eigenvalue weighted by molar-refractivity contribution is 9.10. The Balaban J connectivity index is 1.78. The van der Waals surface area contributed by atoms with E-state index < -0.39 is 20.6 Å². The van der Waals surface area contributed by atoms with E-state index in [1.807, 2.05) is 24.3 Å². The Bertz CT molecular complexity index is 958. The predicted octanol–water partition coefficient (Wildman–Crippen LogP) is 4.17. The van der Waals surface area contributed by atoms with Crippen LogP contribution >= 0.6 is 15.9 Å². The lowest BCUT2D eigenvalue weighted by Gasteiger charge is -2.29. The maximum absolute atomic E-state index is 12.9. The minimum Gasteiger partial charge on any atom is -0.372 e. The van der Waals surface area contributed by atoms with E-state index in [-0.39, 0.29) is 11.4 Å². The van der Waals surface area contributed by atoms with Crippen molar-refractivity contribution in [1.82, 2.24) is 4.31 Å². The molecule has 1 fully saturated rings. The van der Waals surface area contributed by atoms with Crippen molar-refractivity contribution in [3.05, 3.63) is 62.6 Å². The molecule has 2 aromatic rings. The lowest BCUT2D eigenvalue weighted by atomic mass is 10.1. The monoisotopic (exact) mass is 467 g/mol. The molecule has 0 radical (unpaired) electrons. The van der Waals surface area contributed by atoms with Gasteiger partial charge in [-0.15, -0.1) is 0 Å². The van der Waals surface area contributed by atoms with Gasteiger partial charge in [0, 0.05) is 42.9 Å². The summed E-state index contributed by atoms with van der Waals surface area (Å²) in [6.45, 7) is 2.22. The van der Waals surface area contributed by atoms with Crippen molar-refractivity contribution in [2.24, 2.45) is 0 Å². The molecule has 0 spiro atoms. The summed E-state index contributed by atoms with van der Waals surface area (Å²) in [7, 11) is -2.57. The lowest BCUT2D eigenvalue weighted by molar-refractivity contribution is -0.387. The van der Waals surface area contributed by atoms with Gasteiger partial charge in [-0.25, -0.2) is 8.42 Å². The van der Waals surface area contributed by atoms with Crippen LogP contribution in [-0.2, 0) is 16.6 Å². The van der Waals surface area contributed by atoms with E-state index in [0.717, 1.165) is 28.6 Å². The van der Waals surface area contributed by atoms with Crippen LogP contribution in [0.5, 0.6) is 0 Å². The lowest BCUT2D eigenvalue weighted by Crippen LogP contribution is -2.29. The van der Waals surface area contributed by atoms with Gasteiger partial charge in [0.15, 0.2) is 4.90 Å². The molecule has 1 aliphatic heterocycles. The van der Waals surface area contributed by atoms with Crippen molar-refractivity contribution in [2.75, 3.05) is 25.0 Å². The minimum atomic E-state index is -4.00. The van der Waals surface area contributed by atoms with E-state index in [2.05, 4.69) is 20.8 Å². The first-order valence-corrected chi connectivity index (χ1v) is 11.3. The van der Waals surface area contributed by atoms with E-state index in [4.69, 9.17) is 0 Å². The van der Waals surface area contributed by atoms with Gasteiger partial charge < -0.3 is 4.90 Å². The Morgan fingerprint density at radius 3 is 2.36 bits per heavy atom. The van der Waals surface area contributed by atoms with Crippen LogP contribution in [0.15, 0.2) is 51.8 Å². The van der Waals surface area contributed by atoms with Gasteiger partial charge in [0.1, 0.15) is 0 Å². The number of anilines is 1. The van der Waals surface area contributed by atoms with Crippen LogP contribution in [0.25, 0.3) is 0 Å². The topological polar surface area (TPSA) is 83.8 Å². The summed E-state index contributed by atoms with van der Waals surface area (Å²) in [6.07, 6.45) is 3.64. The Labute approximate surface area is 173 Å². The third kappa shape index (κ3) is 4.53. The van der Waals surface area contributed by atoms with Crippen LogP contribution < -0.4 is 4.90 Å². The van der Waals surface area contributed by atoms with Crippen LogP contribution in [0.4, 0.5) is 11.4 Å². The van der Waals surface area contributed by atoms with Crippen LogP contribution in [0, 0.1) is 10.1 Å². The van der Waals surface area contributed by atoms with E-state index in [1.165, 1.54) is 44.5 Å². The molecule has 0 bridgehead atoms. The van der Waals surface area contributed by atoms with E-state index >= 15 is 0 Å². The molecule has 1 saturated heterocycles. The SMILES string of the molecule is CN(Cc1ccc(N2CCCCC2)cc1)S(=O)(=O)c1ccc(Br)cc1[N+](=O)[O-]. The number of benzene rings is 2. The van der Waals surface area contributed by atoms with Crippen molar-refractivity contribution in [3.63, 3.8) is 0 Å². The molecule has 3 rings (SSSR count). The number of rotatable bonds is 6. The highest BCUT2D eigenvalue weighted by Crippen LogP contribution is 2.30. The molecule has 28 heavy (non-hydrogen) atoms. The maximum Gasteiger partial charge on any atom is 0.290 e. The largest absolute Gasteiger partial charge is 0.372 e. The second kappa shape index (κ2) is 8.59. The molecule has 1 aliphatic rings. The number of hydrogen-bond donors (Lipinski definition) is 0. The maximum atomic E-state index is 12.9. The summed E-state index contributed by atoms with van der Waals surface area (Å²) in [4.78, 5) is 12.6. The average molecular weight is 468 g/mol. The van der Waals surface area contributed by atoms with Gasteiger partial charge in [0.05, 0.1) is 4.92 Å². The van der Waals surface area contributed by atoms with Crippen LogP contribution in [-0.4, -0.2) is 37.8 Å². The molecule has 0 atom stereocenters. The molecule has 2 aromatic carbocycles. The fourth-order valence-corrected chi connectivity index (χ4v) is 4.97. The molecular weight excluding hydrogens is 446 g/mol. The molecule has 0 saturated carbocycles. The number of nitro benzene ring substituents is 1. The van der Waals surface area contributed by atoms with Crippen molar-refractivity contribution in [3.8, 4) is 0 Å². The third-order valence-electron chi connectivity index (χ3n) is 4.87. The van der Waals surface area contributed by atoms with E-state index in [1.54, 1.807) is 0 Å². The Kier molecular flexibility index (Phi) is 6.36. The molecule has 0 unspecified atom stereocenters. The number of piperidine rings is 1. The molecule has 0 N–H and O–H groups in total. The molecule has 0 aliphatic carbocycles. The molecule has 0 amide bonds. The van der Waals surface area contributed by atoms with E-state index in [0.29, 0.717) is 4.47 Å². The summed E-state index contributed by atoms with van der Waals surface area (Å²) < 4.78 is 27.4. The quantitative estimate of drug-likeness (QED) is 0.470. The van der Waals surface area contributed by atoms with Gasteiger partial charge in [0.2, 0.25) is 10.0 Å². The average Bonchev–Trinajstić information content (AvgIpc) is 2.69. The Morgan fingerprint density at radius 1 is 1.11 bits per heavy atom. The summed E-state index contributed by atoms with van der Waals surface area (Å²) in [6, 6.07) is 11.8. The van der Waals surface area contributed by atoms with Crippen molar-refractivity contribution < 1.29 is 13.3 Å².